The first kappa shape index (κ1) is 18.7. The second-order valence-corrected chi connectivity index (χ2v) is 6.89. The highest BCUT2D eigenvalue weighted by Gasteiger charge is 2.20. The summed E-state index contributed by atoms with van der Waals surface area (Å²) >= 11 is 0. The molecule has 7 heteroatoms. The average Bonchev–Trinajstić information content (AvgIpc) is 2.74. The molecular formula is C22H21N3O4. The van der Waals surface area contributed by atoms with Crippen LogP contribution in [0.3, 0.4) is 0 Å². The SMILES string of the molecule is Cc1cc(=O)c(C(=O)N(C)Cc2ccc3c(c2)OCCO3)nn1-c1ccccc1. The van der Waals surface area contributed by atoms with E-state index in [2.05, 4.69) is 5.10 Å². The zero-order valence-corrected chi connectivity index (χ0v) is 16.3. The topological polar surface area (TPSA) is 73.7 Å². The Labute approximate surface area is 168 Å². The number of hydrogen-bond acceptors (Lipinski definition) is 5. The molecule has 2 heterocycles. The van der Waals surface area contributed by atoms with Crippen LogP contribution in [0.5, 0.6) is 11.5 Å². The number of aromatic nitrogens is 2. The van der Waals surface area contributed by atoms with Gasteiger partial charge >= 0.3 is 0 Å². The van der Waals surface area contributed by atoms with Gasteiger partial charge in [0.15, 0.2) is 17.2 Å². The molecule has 0 fully saturated rings. The normalized spacial score (nSPS) is 12.5. The van der Waals surface area contributed by atoms with Gasteiger partial charge in [-0.05, 0) is 36.8 Å². The second kappa shape index (κ2) is 7.79. The predicted octanol–water partition coefficient (Wildman–Crippen LogP) is 2.58. The van der Waals surface area contributed by atoms with Gasteiger partial charge in [-0.3, -0.25) is 9.59 Å². The lowest BCUT2D eigenvalue weighted by Crippen LogP contribution is -2.33. The first-order valence-electron chi connectivity index (χ1n) is 9.33. The van der Waals surface area contributed by atoms with E-state index in [-0.39, 0.29) is 5.69 Å². The van der Waals surface area contributed by atoms with Crippen LogP contribution in [-0.4, -0.2) is 40.8 Å². The van der Waals surface area contributed by atoms with E-state index in [1.54, 1.807) is 18.7 Å². The second-order valence-electron chi connectivity index (χ2n) is 6.89. The summed E-state index contributed by atoms with van der Waals surface area (Å²) in [4.78, 5) is 26.9. The van der Waals surface area contributed by atoms with Crippen molar-refractivity contribution in [1.29, 1.82) is 0 Å². The molecule has 2 aromatic carbocycles. The molecular weight excluding hydrogens is 370 g/mol. The van der Waals surface area contributed by atoms with Gasteiger partial charge in [0.25, 0.3) is 5.91 Å². The number of ether oxygens (including phenoxy) is 2. The van der Waals surface area contributed by atoms with Gasteiger partial charge in [-0.2, -0.15) is 5.10 Å². The molecule has 1 aliphatic heterocycles. The summed E-state index contributed by atoms with van der Waals surface area (Å²) in [5.41, 5.74) is 1.81. The zero-order chi connectivity index (χ0) is 20.4. The Bertz CT molecular complexity index is 1110. The first-order valence-corrected chi connectivity index (χ1v) is 9.33. The van der Waals surface area contributed by atoms with Crippen LogP contribution in [0.1, 0.15) is 21.7 Å². The minimum absolute atomic E-state index is 0.112. The van der Waals surface area contributed by atoms with E-state index in [4.69, 9.17) is 9.47 Å². The number of carbonyl (C=O) groups is 1. The molecule has 0 N–H and O–H groups in total. The Hall–Kier alpha value is -3.61. The number of aryl methyl sites for hydroxylation is 1. The Morgan fingerprint density at radius 1 is 1.07 bits per heavy atom. The van der Waals surface area contributed by atoms with Crippen LogP contribution < -0.4 is 14.9 Å². The molecule has 0 atom stereocenters. The molecule has 0 saturated heterocycles. The summed E-state index contributed by atoms with van der Waals surface area (Å²) in [6, 6.07) is 16.4. The molecule has 148 valence electrons. The van der Waals surface area contributed by atoms with Crippen LogP contribution >= 0.6 is 0 Å². The van der Waals surface area contributed by atoms with Gasteiger partial charge in [-0.1, -0.05) is 24.3 Å². The predicted molar refractivity (Wildman–Crippen MR) is 108 cm³/mol. The minimum Gasteiger partial charge on any atom is -0.486 e. The van der Waals surface area contributed by atoms with E-state index in [9.17, 15) is 9.59 Å². The molecule has 4 rings (SSSR count). The molecule has 1 amide bonds. The van der Waals surface area contributed by atoms with Crippen molar-refractivity contribution in [3.8, 4) is 17.2 Å². The van der Waals surface area contributed by atoms with Crippen molar-refractivity contribution in [1.82, 2.24) is 14.7 Å². The third-order valence-corrected chi connectivity index (χ3v) is 4.68. The molecule has 7 nitrogen and oxygen atoms in total. The Kier molecular flexibility index (Phi) is 5.03. The monoisotopic (exact) mass is 391 g/mol. The van der Waals surface area contributed by atoms with E-state index in [0.29, 0.717) is 37.0 Å². The van der Waals surface area contributed by atoms with Crippen molar-refractivity contribution in [2.75, 3.05) is 20.3 Å². The number of amides is 1. The average molecular weight is 391 g/mol. The van der Waals surface area contributed by atoms with Crippen LogP contribution in [0.2, 0.25) is 0 Å². The van der Waals surface area contributed by atoms with Crippen LogP contribution in [-0.2, 0) is 6.54 Å². The third-order valence-electron chi connectivity index (χ3n) is 4.68. The maximum Gasteiger partial charge on any atom is 0.278 e. The van der Waals surface area contributed by atoms with Crippen molar-refractivity contribution in [3.63, 3.8) is 0 Å². The van der Waals surface area contributed by atoms with Crippen molar-refractivity contribution in [2.45, 2.75) is 13.5 Å². The Morgan fingerprint density at radius 3 is 2.55 bits per heavy atom. The minimum atomic E-state index is -0.436. The fourth-order valence-electron chi connectivity index (χ4n) is 3.24. The quantitative estimate of drug-likeness (QED) is 0.684. The van der Waals surface area contributed by atoms with Crippen LogP contribution in [0, 0.1) is 6.92 Å². The van der Waals surface area contributed by atoms with E-state index in [0.717, 1.165) is 11.3 Å². The molecule has 0 aliphatic carbocycles. The maximum absolute atomic E-state index is 12.9. The van der Waals surface area contributed by atoms with E-state index >= 15 is 0 Å². The smallest absolute Gasteiger partial charge is 0.278 e. The highest BCUT2D eigenvalue weighted by atomic mass is 16.6. The molecule has 1 aliphatic rings. The van der Waals surface area contributed by atoms with Crippen LogP contribution in [0.15, 0.2) is 59.4 Å². The standard InChI is InChI=1S/C22H21N3O4/c1-15-12-18(26)21(23-25(15)17-6-4-3-5-7-17)22(27)24(2)14-16-8-9-19-20(13-16)29-11-10-28-19/h3-9,12-13H,10-11,14H2,1-2H3. The first-order chi connectivity index (χ1) is 14.0. The molecule has 0 spiro atoms. The molecule has 0 saturated carbocycles. The third kappa shape index (κ3) is 3.85. The van der Waals surface area contributed by atoms with Gasteiger partial charge < -0.3 is 14.4 Å². The summed E-state index contributed by atoms with van der Waals surface area (Å²) in [5, 5.41) is 4.34. The number of nitrogens with zero attached hydrogens (tertiary/aromatic N) is 3. The molecule has 1 aromatic heterocycles. The Balaban J connectivity index is 1.60. The van der Waals surface area contributed by atoms with Gasteiger partial charge in [0, 0.05) is 25.4 Å². The molecule has 0 bridgehead atoms. The molecule has 0 radical (unpaired) electrons. The van der Waals surface area contributed by atoms with Crippen LogP contribution in [0.4, 0.5) is 0 Å². The number of para-hydroxylation sites is 1. The van der Waals surface area contributed by atoms with Gasteiger partial charge in [0.1, 0.15) is 13.2 Å². The lowest BCUT2D eigenvalue weighted by atomic mass is 10.1. The lowest BCUT2D eigenvalue weighted by Gasteiger charge is -2.21. The summed E-state index contributed by atoms with van der Waals surface area (Å²) in [7, 11) is 1.65. The number of hydrogen-bond donors (Lipinski definition) is 0. The molecule has 0 unspecified atom stereocenters. The van der Waals surface area contributed by atoms with Gasteiger partial charge in [-0.25, -0.2) is 4.68 Å². The number of fused-ring (bicyclic) bond motifs is 1. The van der Waals surface area contributed by atoms with Crippen molar-refractivity contribution in [3.05, 3.63) is 81.8 Å². The van der Waals surface area contributed by atoms with Crippen molar-refractivity contribution in [2.24, 2.45) is 0 Å². The summed E-state index contributed by atoms with van der Waals surface area (Å²) in [6.07, 6.45) is 0. The zero-order valence-electron chi connectivity index (χ0n) is 16.3. The van der Waals surface area contributed by atoms with E-state index in [1.165, 1.54) is 11.0 Å². The van der Waals surface area contributed by atoms with Crippen molar-refractivity contribution >= 4 is 5.91 Å². The van der Waals surface area contributed by atoms with Gasteiger partial charge in [-0.15, -0.1) is 0 Å². The Morgan fingerprint density at radius 2 is 1.79 bits per heavy atom. The lowest BCUT2D eigenvalue weighted by molar-refractivity contribution is 0.0775. The fourth-order valence-corrected chi connectivity index (χ4v) is 3.24. The largest absolute Gasteiger partial charge is 0.486 e. The summed E-state index contributed by atoms with van der Waals surface area (Å²) in [5.74, 6) is 0.920. The maximum atomic E-state index is 12.9. The number of rotatable bonds is 4. The van der Waals surface area contributed by atoms with E-state index < -0.39 is 11.3 Å². The van der Waals surface area contributed by atoms with Gasteiger partial charge in [0.2, 0.25) is 5.43 Å². The molecule has 3 aromatic rings. The van der Waals surface area contributed by atoms with Crippen LogP contribution in [0.25, 0.3) is 5.69 Å². The van der Waals surface area contributed by atoms with E-state index in [1.807, 2.05) is 48.5 Å². The summed E-state index contributed by atoms with van der Waals surface area (Å²) < 4.78 is 12.7. The highest BCUT2D eigenvalue weighted by molar-refractivity contribution is 5.91. The number of carbonyl (C=O) groups excluding carboxylic acids is 1. The highest BCUT2D eigenvalue weighted by Crippen LogP contribution is 2.31. The molecule has 29 heavy (non-hydrogen) atoms. The van der Waals surface area contributed by atoms with Crippen molar-refractivity contribution < 1.29 is 14.3 Å². The van der Waals surface area contributed by atoms with Gasteiger partial charge in [0.05, 0.1) is 5.69 Å². The summed E-state index contributed by atoms with van der Waals surface area (Å²) in [6.45, 7) is 3.12. The fraction of sp³-hybridized carbons (Fsp3) is 0.227. The number of benzene rings is 2.